The van der Waals surface area contributed by atoms with Crippen molar-refractivity contribution in [1.82, 2.24) is 20.1 Å². The Morgan fingerprint density at radius 1 is 1.42 bits per heavy atom. The zero-order chi connectivity index (χ0) is 14.1. The topological polar surface area (TPSA) is 52.0 Å². The first kappa shape index (κ1) is 16.1. The molecule has 1 heterocycles. The Morgan fingerprint density at radius 2 is 2.21 bits per heavy atom. The Balaban J connectivity index is 2.54. The monoisotopic (exact) mass is 268 g/mol. The van der Waals surface area contributed by atoms with E-state index in [2.05, 4.69) is 36.2 Å². The van der Waals surface area contributed by atoms with Crippen LogP contribution >= 0.6 is 0 Å². The molecule has 1 aromatic heterocycles. The highest BCUT2D eigenvalue weighted by molar-refractivity contribution is 4.90. The second-order valence-electron chi connectivity index (χ2n) is 5.35. The molecule has 0 bridgehead atoms. The lowest BCUT2D eigenvalue weighted by Crippen LogP contribution is -2.32. The predicted molar refractivity (Wildman–Crippen MR) is 77.1 cm³/mol. The van der Waals surface area contributed by atoms with Gasteiger partial charge in [-0.15, -0.1) is 0 Å². The van der Waals surface area contributed by atoms with Crippen molar-refractivity contribution in [3.8, 4) is 0 Å². The van der Waals surface area contributed by atoms with Gasteiger partial charge in [0.05, 0.1) is 0 Å². The molecule has 110 valence electrons. The van der Waals surface area contributed by atoms with Crippen molar-refractivity contribution < 1.29 is 4.74 Å². The molecule has 5 heteroatoms. The third kappa shape index (κ3) is 6.16. The van der Waals surface area contributed by atoms with E-state index in [0.717, 1.165) is 44.8 Å². The van der Waals surface area contributed by atoms with E-state index >= 15 is 0 Å². The van der Waals surface area contributed by atoms with Gasteiger partial charge in [-0.3, -0.25) is 0 Å². The van der Waals surface area contributed by atoms with Crippen molar-refractivity contribution in [2.75, 3.05) is 20.3 Å². The highest BCUT2D eigenvalue weighted by Crippen LogP contribution is 2.08. The van der Waals surface area contributed by atoms with E-state index in [4.69, 9.17) is 4.74 Å². The Morgan fingerprint density at radius 3 is 2.84 bits per heavy atom. The molecular weight excluding hydrogens is 240 g/mol. The Hall–Kier alpha value is -0.940. The summed E-state index contributed by atoms with van der Waals surface area (Å²) in [5.74, 6) is 1.67. The highest BCUT2D eigenvalue weighted by Gasteiger charge is 2.13. The van der Waals surface area contributed by atoms with Crippen LogP contribution < -0.4 is 5.32 Å². The van der Waals surface area contributed by atoms with Crippen LogP contribution in [0.1, 0.15) is 39.4 Å². The molecule has 0 radical (unpaired) electrons. The van der Waals surface area contributed by atoms with E-state index in [9.17, 15) is 0 Å². The minimum absolute atomic E-state index is 0.454. The number of ether oxygens (including phenoxy) is 1. The van der Waals surface area contributed by atoms with Gasteiger partial charge >= 0.3 is 0 Å². The number of aromatic nitrogens is 3. The number of nitrogens with one attached hydrogen (secondary N) is 1. The molecular formula is C14H28N4O. The van der Waals surface area contributed by atoms with Crippen LogP contribution in [0.5, 0.6) is 0 Å². The van der Waals surface area contributed by atoms with Crippen LogP contribution in [-0.4, -0.2) is 41.1 Å². The molecule has 1 aromatic rings. The third-order valence-corrected chi connectivity index (χ3v) is 3.06. The first-order chi connectivity index (χ1) is 9.17. The molecule has 0 amide bonds. The van der Waals surface area contributed by atoms with Gasteiger partial charge in [0.25, 0.3) is 0 Å². The van der Waals surface area contributed by atoms with Gasteiger partial charge in [-0.05, 0) is 25.3 Å². The molecule has 0 saturated heterocycles. The summed E-state index contributed by atoms with van der Waals surface area (Å²) in [5.41, 5.74) is 0. The molecule has 19 heavy (non-hydrogen) atoms. The maximum atomic E-state index is 5.12. The molecule has 0 saturated carbocycles. The van der Waals surface area contributed by atoms with E-state index in [-0.39, 0.29) is 0 Å². The van der Waals surface area contributed by atoms with Gasteiger partial charge in [-0.1, -0.05) is 20.8 Å². The maximum absolute atomic E-state index is 5.12. The van der Waals surface area contributed by atoms with Crippen LogP contribution in [0.3, 0.4) is 0 Å². The second-order valence-corrected chi connectivity index (χ2v) is 5.35. The van der Waals surface area contributed by atoms with Crippen molar-refractivity contribution in [3.63, 3.8) is 0 Å². The van der Waals surface area contributed by atoms with E-state index in [0.29, 0.717) is 12.0 Å². The van der Waals surface area contributed by atoms with Gasteiger partial charge < -0.3 is 10.1 Å². The minimum Gasteiger partial charge on any atom is -0.385 e. The molecule has 1 rings (SSSR count). The van der Waals surface area contributed by atoms with Gasteiger partial charge in [-0.25, -0.2) is 9.67 Å². The van der Waals surface area contributed by atoms with E-state index < -0.39 is 0 Å². The molecule has 0 aliphatic rings. The summed E-state index contributed by atoms with van der Waals surface area (Å²) in [4.78, 5) is 4.40. The predicted octanol–water partition coefficient (Wildman–Crippen LogP) is 1.88. The van der Waals surface area contributed by atoms with Crippen LogP contribution in [0, 0.1) is 5.92 Å². The summed E-state index contributed by atoms with van der Waals surface area (Å²) in [6.07, 6.45) is 4.78. The SMILES string of the molecule is CCNC(CCCOC)Cc1ncnn1CC(C)C. The van der Waals surface area contributed by atoms with E-state index in [1.165, 1.54) is 0 Å². The summed E-state index contributed by atoms with van der Waals surface area (Å²) >= 11 is 0. The van der Waals surface area contributed by atoms with Crippen molar-refractivity contribution in [3.05, 3.63) is 12.2 Å². The summed E-state index contributed by atoms with van der Waals surface area (Å²) in [6.45, 7) is 9.28. The van der Waals surface area contributed by atoms with Gasteiger partial charge in [0.2, 0.25) is 0 Å². The van der Waals surface area contributed by atoms with Crippen molar-refractivity contribution in [2.24, 2.45) is 5.92 Å². The molecule has 0 aliphatic heterocycles. The van der Waals surface area contributed by atoms with Crippen LogP contribution in [0.2, 0.25) is 0 Å². The Kier molecular flexibility index (Phi) is 7.67. The molecule has 0 fully saturated rings. The molecule has 1 unspecified atom stereocenters. The molecule has 5 nitrogen and oxygen atoms in total. The fraction of sp³-hybridized carbons (Fsp3) is 0.857. The van der Waals surface area contributed by atoms with Crippen LogP contribution in [0.25, 0.3) is 0 Å². The van der Waals surface area contributed by atoms with Crippen molar-refractivity contribution >= 4 is 0 Å². The number of hydrogen-bond donors (Lipinski definition) is 1. The summed E-state index contributed by atoms with van der Waals surface area (Å²) < 4.78 is 7.15. The maximum Gasteiger partial charge on any atom is 0.138 e. The minimum atomic E-state index is 0.454. The number of likely N-dealkylation sites (N-methyl/N-ethyl adjacent to an activating group) is 1. The van der Waals surface area contributed by atoms with Crippen molar-refractivity contribution in [1.29, 1.82) is 0 Å². The zero-order valence-corrected chi connectivity index (χ0v) is 12.7. The number of methoxy groups -OCH3 is 1. The molecule has 1 atom stereocenters. The lowest BCUT2D eigenvalue weighted by molar-refractivity contribution is 0.188. The lowest BCUT2D eigenvalue weighted by Gasteiger charge is -2.18. The average Bonchev–Trinajstić information content (AvgIpc) is 2.76. The largest absolute Gasteiger partial charge is 0.385 e. The fourth-order valence-electron chi connectivity index (χ4n) is 2.20. The third-order valence-electron chi connectivity index (χ3n) is 3.06. The molecule has 1 N–H and O–H groups in total. The molecule has 0 spiro atoms. The van der Waals surface area contributed by atoms with Gasteiger partial charge in [0.15, 0.2) is 0 Å². The first-order valence-corrected chi connectivity index (χ1v) is 7.26. The first-order valence-electron chi connectivity index (χ1n) is 7.26. The summed E-state index contributed by atoms with van der Waals surface area (Å²) in [6, 6.07) is 0.454. The van der Waals surface area contributed by atoms with Crippen LogP contribution in [0.15, 0.2) is 6.33 Å². The standard InChI is InChI=1S/C14H28N4O/c1-5-15-13(7-6-8-19-4)9-14-16-11-17-18(14)10-12(2)3/h11-13,15H,5-10H2,1-4H3. The van der Waals surface area contributed by atoms with Crippen LogP contribution in [0.4, 0.5) is 0 Å². The fourth-order valence-corrected chi connectivity index (χ4v) is 2.20. The van der Waals surface area contributed by atoms with E-state index in [1.807, 2.05) is 4.68 Å². The number of rotatable bonds is 10. The smallest absolute Gasteiger partial charge is 0.138 e. The number of nitrogens with zero attached hydrogens (tertiary/aromatic N) is 3. The molecule has 0 aliphatic carbocycles. The van der Waals surface area contributed by atoms with Crippen molar-refractivity contribution in [2.45, 2.75) is 52.6 Å². The molecule has 0 aromatic carbocycles. The summed E-state index contributed by atoms with van der Waals surface area (Å²) in [7, 11) is 1.75. The number of hydrogen-bond acceptors (Lipinski definition) is 4. The quantitative estimate of drug-likeness (QED) is 0.658. The van der Waals surface area contributed by atoms with Gasteiger partial charge in [-0.2, -0.15) is 5.10 Å². The van der Waals surface area contributed by atoms with Crippen LogP contribution in [-0.2, 0) is 17.7 Å². The van der Waals surface area contributed by atoms with Gasteiger partial charge in [0.1, 0.15) is 12.2 Å². The Bertz CT molecular complexity index is 338. The zero-order valence-electron chi connectivity index (χ0n) is 12.7. The normalized spacial score (nSPS) is 13.1. The lowest BCUT2D eigenvalue weighted by atomic mass is 10.1. The average molecular weight is 268 g/mol. The highest BCUT2D eigenvalue weighted by atomic mass is 16.5. The Labute approximate surface area is 116 Å². The van der Waals surface area contributed by atoms with Gasteiger partial charge in [0, 0.05) is 32.7 Å². The summed E-state index contributed by atoms with van der Waals surface area (Å²) in [5, 5.41) is 7.84. The van der Waals surface area contributed by atoms with E-state index in [1.54, 1.807) is 13.4 Å². The second kappa shape index (κ2) is 9.04.